The van der Waals surface area contributed by atoms with Gasteiger partial charge in [0.25, 0.3) is 0 Å². The van der Waals surface area contributed by atoms with Crippen molar-refractivity contribution in [3.63, 3.8) is 0 Å². The van der Waals surface area contributed by atoms with Crippen LogP contribution in [-0.4, -0.2) is 42.9 Å². The van der Waals surface area contributed by atoms with Gasteiger partial charge < -0.3 is 15.5 Å². The van der Waals surface area contributed by atoms with Gasteiger partial charge in [0, 0.05) is 0 Å². The average molecular weight is 413 g/mol. The molecule has 0 bridgehead atoms. The number of methoxy groups -OCH3 is 1. The maximum atomic E-state index is 12.0. The Labute approximate surface area is 176 Å². The van der Waals surface area contributed by atoms with Crippen LogP contribution in [0, 0.1) is 0 Å². The maximum Gasteiger partial charge on any atom is 0.337 e. The largest absolute Gasteiger partial charge is 0.465 e. The minimum absolute atomic E-state index is 0.328. The predicted octanol–water partition coefficient (Wildman–Crippen LogP) is 3.27. The van der Waals surface area contributed by atoms with Crippen molar-refractivity contribution in [1.82, 2.24) is 29.8 Å². The number of para-hydroxylation sites is 2. The average Bonchev–Trinajstić information content (AvgIpc) is 3.40. The Balaban J connectivity index is 1.69. The van der Waals surface area contributed by atoms with Gasteiger partial charge in [0.15, 0.2) is 23.0 Å². The minimum Gasteiger partial charge on any atom is -0.465 e. The lowest BCUT2D eigenvalue weighted by Crippen LogP contribution is -2.06. The van der Waals surface area contributed by atoms with E-state index in [9.17, 15) is 4.79 Å². The smallest absolute Gasteiger partial charge is 0.337 e. The van der Waals surface area contributed by atoms with Gasteiger partial charge in [-0.15, -0.1) is 10.2 Å². The van der Waals surface area contributed by atoms with Crippen molar-refractivity contribution in [3.05, 3.63) is 59.8 Å². The molecule has 9 heteroatoms. The predicted molar refractivity (Wildman–Crippen MR) is 116 cm³/mol. The number of anilines is 1. The third-order valence-corrected chi connectivity index (χ3v) is 5.17. The molecule has 3 aromatic heterocycles. The first-order valence-electron chi connectivity index (χ1n) is 9.78. The number of carbonyl (C=O) groups is 1. The molecule has 3 heterocycles. The number of ether oxygens (including phenoxy) is 1. The summed E-state index contributed by atoms with van der Waals surface area (Å²) in [6.07, 6.45) is 0.653. The molecule has 0 atom stereocenters. The quantitative estimate of drug-likeness (QED) is 0.433. The minimum atomic E-state index is -0.408. The Kier molecular flexibility index (Phi) is 4.36. The van der Waals surface area contributed by atoms with E-state index in [1.54, 1.807) is 22.7 Å². The Morgan fingerprint density at radius 3 is 2.77 bits per heavy atom. The molecule has 154 valence electrons. The fraction of sp³-hybridized carbons (Fsp3) is 0.136. The van der Waals surface area contributed by atoms with Crippen molar-refractivity contribution < 1.29 is 9.53 Å². The van der Waals surface area contributed by atoms with E-state index in [0.29, 0.717) is 35.0 Å². The highest BCUT2D eigenvalue weighted by Gasteiger charge is 2.21. The van der Waals surface area contributed by atoms with Gasteiger partial charge in [0.2, 0.25) is 0 Å². The first kappa shape index (κ1) is 18.7. The molecule has 2 aromatic carbocycles. The van der Waals surface area contributed by atoms with E-state index in [2.05, 4.69) is 25.3 Å². The van der Waals surface area contributed by atoms with Crippen LogP contribution in [0.15, 0.2) is 48.5 Å². The second-order valence-corrected chi connectivity index (χ2v) is 7.02. The van der Waals surface area contributed by atoms with Crippen LogP contribution in [0.5, 0.6) is 0 Å². The molecule has 3 N–H and O–H groups in total. The van der Waals surface area contributed by atoms with E-state index in [4.69, 9.17) is 10.5 Å². The fourth-order valence-corrected chi connectivity index (χ4v) is 3.66. The van der Waals surface area contributed by atoms with Gasteiger partial charge in [0.05, 0.1) is 35.0 Å². The van der Waals surface area contributed by atoms with Crippen LogP contribution >= 0.6 is 0 Å². The molecule has 0 saturated heterocycles. The summed E-state index contributed by atoms with van der Waals surface area (Å²) in [4.78, 5) is 19.8. The summed E-state index contributed by atoms with van der Waals surface area (Å²) in [5.74, 6) is 0.444. The maximum absolute atomic E-state index is 12.0. The standard InChI is InChI=1S/C22H19N7O2/c1-3-14-17(12-7-6-8-13(11-12)22(30)31-2)21-27-26-18(19(23)29(21)28-14)20-24-15-9-4-5-10-16(15)25-20/h4-11H,3,23H2,1-2H3,(H,24,25). The van der Waals surface area contributed by atoms with Crippen molar-refractivity contribution in [2.75, 3.05) is 12.8 Å². The monoisotopic (exact) mass is 413 g/mol. The summed E-state index contributed by atoms with van der Waals surface area (Å²) >= 11 is 0. The van der Waals surface area contributed by atoms with Crippen molar-refractivity contribution in [1.29, 1.82) is 0 Å². The molecule has 0 aliphatic rings. The number of aromatic amines is 1. The van der Waals surface area contributed by atoms with Crippen molar-refractivity contribution in [3.8, 4) is 22.6 Å². The van der Waals surface area contributed by atoms with E-state index < -0.39 is 5.97 Å². The van der Waals surface area contributed by atoms with Crippen LogP contribution in [0.25, 0.3) is 39.3 Å². The number of aromatic nitrogens is 6. The molecule has 0 spiro atoms. The van der Waals surface area contributed by atoms with Crippen LogP contribution < -0.4 is 5.73 Å². The second-order valence-electron chi connectivity index (χ2n) is 7.02. The molecular weight excluding hydrogens is 394 g/mol. The summed E-state index contributed by atoms with van der Waals surface area (Å²) in [6.45, 7) is 2.00. The van der Waals surface area contributed by atoms with Gasteiger partial charge in [-0.05, 0) is 36.2 Å². The lowest BCUT2D eigenvalue weighted by molar-refractivity contribution is 0.0601. The third-order valence-electron chi connectivity index (χ3n) is 5.17. The number of nitrogens with zero attached hydrogens (tertiary/aromatic N) is 5. The van der Waals surface area contributed by atoms with Crippen LogP contribution in [0.3, 0.4) is 0 Å². The van der Waals surface area contributed by atoms with Crippen molar-refractivity contribution >= 4 is 28.5 Å². The number of imidazole rings is 1. The van der Waals surface area contributed by atoms with Crippen molar-refractivity contribution in [2.24, 2.45) is 0 Å². The first-order valence-corrected chi connectivity index (χ1v) is 9.78. The van der Waals surface area contributed by atoms with E-state index in [0.717, 1.165) is 27.9 Å². The Morgan fingerprint density at radius 2 is 2.00 bits per heavy atom. The zero-order chi connectivity index (χ0) is 21.5. The van der Waals surface area contributed by atoms with Crippen LogP contribution in [0.2, 0.25) is 0 Å². The number of hydrogen-bond acceptors (Lipinski definition) is 7. The highest BCUT2D eigenvalue weighted by atomic mass is 16.5. The van der Waals surface area contributed by atoms with Gasteiger partial charge in [0.1, 0.15) is 0 Å². The normalized spacial score (nSPS) is 11.3. The Bertz CT molecular complexity index is 1420. The highest BCUT2D eigenvalue weighted by Crippen LogP contribution is 2.32. The number of benzene rings is 2. The van der Waals surface area contributed by atoms with Crippen LogP contribution in [0.4, 0.5) is 5.82 Å². The SMILES string of the molecule is CCc1nn2c(N)c(-c3nc4ccccc4[nH]3)nnc2c1-c1cccc(C(=O)OC)c1. The van der Waals surface area contributed by atoms with E-state index in [-0.39, 0.29) is 0 Å². The Hall–Kier alpha value is -4.27. The van der Waals surface area contributed by atoms with Gasteiger partial charge in [-0.25, -0.2) is 9.78 Å². The number of carbonyl (C=O) groups excluding carboxylic acids is 1. The number of nitrogen functional groups attached to an aromatic ring is 1. The molecule has 0 radical (unpaired) electrons. The van der Waals surface area contributed by atoms with Gasteiger partial charge in [-0.1, -0.05) is 31.2 Å². The molecule has 0 amide bonds. The van der Waals surface area contributed by atoms with Gasteiger partial charge >= 0.3 is 5.97 Å². The summed E-state index contributed by atoms with van der Waals surface area (Å²) in [7, 11) is 1.35. The number of hydrogen-bond donors (Lipinski definition) is 2. The number of nitrogens with one attached hydrogen (secondary N) is 1. The number of aryl methyl sites for hydroxylation is 1. The molecule has 0 aliphatic carbocycles. The fourth-order valence-electron chi connectivity index (χ4n) is 3.66. The summed E-state index contributed by atoms with van der Waals surface area (Å²) in [5, 5.41) is 13.5. The first-order chi connectivity index (χ1) is 15.1. The molecule has 0 saturated carbocycles. The van der Waals surface area contributed by atoms with E-state index in [1.807, 2.05) is 37.3 Å². The lowest BCUT2D eigenvalue weighted by Gasteiger charge is -2.05. The van der Waals surface area contributed by atoms with Crippen LogP contribution in [-0.2, 0) is 11.2 Å². The number of H-pyrrole nitrogens is 1. The topological polar surface area (TPSA) is 124 Å². The molecule has 9 nitrogen and oxygen atoms in total. The number of rotatable bonds is 4. The second kappa shape index (κ2) is 7.21. The summed E-state index contributed by atoms with van der Waals surface area (Å²) in [6, 6.07) is 14.8. The summed E-state index contributed by atoms with van der Waals surface area (Å²) < 4.78 is 6.42. The molecular formula is C22H19N7O2. The molecule has 0 aliphatic heterocycles. The van der Waals surface area contributed by atoms with Gasteiger partial charge in [-0.3, -0.25) is 0 Å². The number of esters is 1. The molecule has 0 fully saturated rings. The molecule has 31 heavy (non-hydrogen) atoms. The molecule has 5 rings (SSSR count). The zero-order valence-electron chi connectivity index (χ0n) is 17.0. The summed E-state index contributed by atoms with van der Waals surface area (Å²) in [5.41, 5.74) is 11.9. The van der Waals surface area contributed by atoms with Gasteiger partial charge in [-0.2, -0.15) is 9.61 Å². The lowest BCUT2D eigenvalue weighted by atomic mass is 10.0. The van der Waals surface area contributed by atoms with E-state index >= 15 is 0 Å². The third kappa shape index (κ3) is 2.98. The zero-order valence-corrected chi connectivity index (χ0v) is 17.0. The van der Waals surface area contributed by atoms with E-state index in [1.165, 1.54) is 7.11 Å². The number of fused-ring (bicyclic) bond motifs is 2. The number of nitrogens with two attached hydrogens (primary N) is 1. The van der Waals surface area contributed by atoms with Crippen LogP contribution in [0.1, 0.15) is 23.0 Å². The Morgan fingerprint density at radius 1 is 1.16 bits per heavy atom. The highest BCUT2D eigenvalue weighted by molar-refractivity contribution is 5.92. The molecule has 5 aromatic rings. The van der Waals surface area contributed by atoms with Crippen molar-refractivity contribution in [2.45, 2.75) is 13.3 Å². The molecule has 0 unspecified atom stereocenters.